The number of rotatable bonds is 29. The molecule has 0 spiro atoms. The Balaban J connectivity index is 3.06. The zero-order valence-electron chi connectivity index (χ0n) is 22.9. The van der Waals surface area contributed by atoms with Crippen molar-refractivity contribution in [3.05, 3.63) is 0 Å². The van der Waals surface area contributed by atoms with Crippen molar-refractivity contribution in [3.8, 4) is 0 Å². The number of carbonyl (C=O) groups is 1. The predicted octanol–water partition coefficient (Wildman–Crippen LogP) is 2.89. The van der Waals surface area contributed by atoms with Crippen LogP contribution in [-0.4, -0.2) is 111 Å². The second-order valence-corrected chi connectivity index (χ2v) is 8.83. The van der Waals surface area contributed by atoms with Crippen LogP contribution >= 0.6 is 0 Å². The smallest absolute Gasteiger partial charge is 0.135 e. The number of unbranched alkanes of at least 4 members (excludes halogenated alkanes) is 2. The van der Waals surface area contributed by atoms with Crippen molar-refractivity contribution in [2.75, 3.05) is 99.0 Å². The molecular formula is C26H53NO8. The molecule has 0 aliphatic heterocycles. The van der Waals surface area contributed by atoms with Gasteiger partial charge < -0.3 is 38.5 Å². The van der Waals surface area contributed by atoms with Crippen molar-refractivity contribution in [1.82, 2.24) is 5.32 Å². The van der Waals surface area contributed by atoms with E-state index >= 15 is 0 Å². The fraction of sp³-hybridized carbons (Fsp3) is 0.962. The third-order valence-electron chi connectivity index (χ3n) is 4.89. The maximum absolute atomic E-state index is 11.5. The highest BCUT2D eigenvalue weighted by molar-refractivity contribution is 5.80. The molecule has 9 heteroatoms. The molecule has 0 aromatic rings. The van der Waals surface area contributed by atoms with Gasteiger partial charge in [0.05, 0.1) is 85.9 Å². The number of nitrogens with one attached hydrogen (secondary N) is 1. The predicted molar refractivity (Wildman–Crippen MR) is 137 cm³/mol. The first-order chi connectivity index (χ1) is 17.0. The van der Waals surface area contributed by atoms with E-state index in [1.54, 1.807) is 0 Å². The monoisotopic (exact) mass is 507 g/mol. The summed E-state index contributed by atoms with van der Waals surface area (Å²) in [6.07, 6.45) is 3.65. The SMILES string of the molecule is CC(C)NCCOCCOCCOCCOCCOCCOCCOCCCCCC(=O)C(C)C. The van der Waals surface area contributed by atoms with Crippen molar-refractivity contribution < 1.29 is 38.0 Å². The largest absolute Gasteiger partial charge is 0.379 e. The Kier molecular flexibility index (Phi) is 27.4. The van der Waals surface area contributed by atoms with E-state index in [1.165, 1.54) is 0 Å². The van der Waals surface area contributed by atoms with Gasteiger partial charge in [-0.15, -0.1) is 0 Å². The summed E-state index contributed by atoms with van der Waals surface area (Å²) in [6, 6.07) is 0.487. The molecule has 0 aromatic heterocycles. The van der Waals surface area contributed by atoms with E-state index in [1.807, 2.05) is 13.8 Å². The Morgan fingerprint density at radius 1 is 0.514 bits per heavy atom. The van der Waals surface area contributed by atoms with Gasteiger partial charge in [-0.3, -0.25) is 4.79 Å². The Bertz CT molecular complexity index is 438. The third-order valence-corrected chi connectivity index (χ3v) is 4.89. The lowest BCUT2D eigenvalue weighted by molar-refractivity contribution is -0.122. The summed E-state index contributed by atoms with van der Waals surface area (Å²) in [5.74, 6) is 0.497. The average molecular weight is 508 g/mol. The Morgan fingerprint density at radius 2 is 0.886 bits per heavy atom. The van der Waals surface area contributed by atoms with Crippen molar-refractivity contribution in [2.24, 2.45) is 5.92 Å². The van der Waals surface area contributed by atoms with Crippen molar-refractivity contribution in [3.63, 3.8) is 0 Å². The zero-order valence-corrected chi connectivity index (χ0v) is 22.9. The number of Topliss-reactive ketones (excluding diaryl/α,β-unsaturated/α-hetero) is 1. The minimum absolute atomic E-state index is 0.148. The maximum Gasteiger partial charge on any atom is 0.135 e. The molecule has 210 valence electrons. The van der Waals surface area contributed by atoms with E-state index < -0.39 is 0 Å². The molecule has 0 aliphatic carbocycles. The highest BCUT2D eigenvalue weighted by Gasteiger charge is 2.05. The van der Waals surface area contributed by atoms with Gasteiger partial charge in [-0.1, -0.05) is 34.1 Å². The molecule has 0 fully saturated rings. The van der Waals surface area contributed by atoms with E-state index in [9.17, 15) is 4.79 Å². The second-order valence-electron chi connectivity index (χ2n) is 8.83. The number of ketones is 1. The molecule has 0 rings (SSSR count). The van der Waals surface area contributed by atoms with Gasteiger partial charge in [0.1, 0.15) is 5.78 Å². The molecule has 0 heterocycles. The standard InChI is InChI=1S/C26H53NO8/c1-24(2)26(28)8-6-5-7-10-29-12-14-31-16-18-33-20-22-35-23-21-34-19-17-32-15-13-30-11-9-27-25(3)4/h24-25,27H,5-23H2,1-4H3. The third kappa shape index (κ3) is 29.5. The molecule has 0 radical (unpaired) electrons. The summed E-state index contributed by atoms with van der Waals surface area (Å²) in [7, 11) is 0. The van der Waals surface area contributed by atoms with Gasteiger partial charge in [0.25, 0.3) is 0 Å². The summed E-state index contributed by atoms with van der Waals surface area (Å²) in [6.45, 7) is 17.1. The van der Waals surface area contributed by atoms with Crippen LogP contribution in [-0.2, 0) is 38.0 Å². The van der Waals surface area contributed by atoms with Gasteiger partial charge >= 0.3 is 0 Å². The van der Waals surface area contributed by atoms with Crippen LogP contribution in [0.15, 0.2) is 0 Å². The lowest BCUT2D eigenvalue weighted by atomic mass is 10.0. The number of ether oxygens (including phenoxy) is 7. The van der Waals surface area contributed by atoms with Crippen molar-refractivity contribution >= 4 is 5.78 Å². The lowest BCUT2D eigenvalue weighted by Crippen LogP contribution is -2.27. The van der Waals surface area contributed by atoms with Crippen LogP contribution in [0.2, 0.25) is 0 Å². The second kappa shape index (κ2) is 27.9. The first kappa shape index (κ1) is 34.4. The number of hydrogen-bond acceptors (Lipinski definition) is 9. The summed E-state index contributed by atoms with van der Waals surface area (Å²) in [4.78, 5) is 11.5. The summed E-state index contributed by atoms with van der Waals surface area (Å²) < 4.78 is 38.3. The van der Waals surface area contributed by atoms with E-state index in [-0.39, 0.29) is 5.92 Å². The minimum atomic E-state index is 0.148. The molecule has 0 unspecified atom stereocenters. The molecule has 0 atom stereocenters. The van der Waals surface area contributed by atoms with Crippen LogP contribution in [0.25, 0.3) is 0 Å². The summed E-state index contributed by atoms with van der Waals surface area (Å²) in [5, 5.41) is 3.29. The number of hydrogen-bond donors (Lipinski definition) is 1. The summed E-state index contributed by atoms with van der Waals surface area (Å²) >= 11 is 0. The molecule has 0 amide bonds. The highest BCUT2D eigenvalue weighted by Crippen LogP contribution is 2.06. The Labute approximate surface area is 213 Å². The molecule has 1 N–H and O–H groups in total. The molecule has 0 aromatic carbocycles. The molecule has 35 heavy (non-hydrogen) atoms. The van der Waals surface area contributed by atoms with Crippen LogP contribution in [0, 0.1) is 5.92 Å². The topological polar surface area (TPSA) is 93.7 Å². The van der Waals surface area contributed by atoms with Crippen LogP contribution in [0.1, 0.15) is 53.4 Å². The van der Waals surface area contributed by atoms with E-state index in [4.69, 9.17) is 33.2 Å². The molecule has 9 nitrogen and oxygen atoms in total. The van der Waals surface area contributed by atoms with Crippen molar-refractivity contribution in [1.29, 1.82) is 0 Å². The van der Waals surface area contributed by atoms with E-state index in [0.717, 1.165) is 32.4 Å². The average Bonchev–Trinajstić information content (AvgIpc) is 2.83. The quantitative estimate of drug-likeness (QED) is 0.153. The van der Waals surface area contributed by atoms with Crippen LogP contribution in [0.5, 0.6) is 0 Å². The number of carbonyl (C=O) groups excluding carboxylic acids is 1. The Morgan fingerprint density at radius 3 is 1.26 bits per heavy atom. The van der Waals surface area contributed by atoms with Gasteiger partial charge in [0.2, 0.25) is 0 Å². The van der Waals surface area contributed by atoms with Gasteiger partial charge in [-0.25, -0.2) is 0 Å². The zero-order chi connectivity index (χ0) is 25.8. The Hall–Kier alpha value is -0.650. The molecule has 0 bridgehead atoms. The van der Waals surface area contributed by atoms with Gasteiger partial charge in [0.15, 0.2) is 0 Å². The van der Waals surface area contributed by atoms with E-state index in [2.05, 4.69) is 19.2 Å². The fourth-order valence-corrected chi connectivity index (χ4v) is 2.81. The highest BCUT2D eigenvalue weighted by atomic mass is 16.6. The van der Waals surface area contributed by atoms with Gasteiger partial charge in [-0.05, 0) is 12.8 Å². The van der Waals surface area contributed by atoms with Crippen LogP contribution in [0.4, 0.5) is 0 Å². The van der Waals surface area contributed by atoms with Gasteiger partial charge in [0, 0.05) is 31.5 Å². The molecular weight excluding hydrogens is 454 g/mol. The first-order valence-corrected chi connectivity index (χ1v) is 13.3. The fourth-order valence-electron chi connectivity index (χ4n) is 2.81. The molecule has 0 aliphatic rings. The van der Waals surface area contributed by atoms with Crippen LogP contribution < -0.4 is 5.32 Å². The van der Waals surface area contributed by atoms with Crippen LogP contribution in [0.3, 0.4) is 0 Å². The van der Waals surface area contributed by atoms with E-state index in [0.29, 0.717) is 104 Å². The normalized spacial score (nSPS) is 11.7. The van der Waals surface area contributed by atoms with Crippen molar-refractivity contribution in [2.45, 2.75) is 59.4 Å². The van der Waals surface area contributed by atoms with Gasteiger partial charge in [-0.2, -0.15) is 0 Å². The molecule has 0 saturated heterocycles. The minimum Gasteiger partial charge on any atom is -0.379 e. The molecule has 0 saturated carbocycles. The lowest BCUT2D eigenvalue weighted by Gasteiger charge is -2.09. The maximum atomic E-state index is 11.5. The summed E-state index contributed by atoms with van der Waals surface area (Å²) in [5.41, 5.74) is 0. The first-order valence-electron chi connectivity index (χ1n) is 13.3.